The van der Waals surface area contributed by atoms with Crippen molar-refractivity contribution >= 4 is 23.1 Å². The van der Waals surface area contributed by atoms with Gasteiger partial charge in [-0.2, -0.15) is 11.8 Å². The van der Waals surface area contributed by atoms with Crippen molar-refractivity contribution in [3.8, 4) is 0 Å². The number of hydrogen-bond acceptors (Lipinski definition) is 3. The number of thiophene rings is 1. The SMILES string of the molecule is CC(C)CSCC(N)Cc1cccs1. The Morgan fingerprint density at radius 2 is 2.21 bits per heavy atom. The normalized spacial score (nSPS) is 13.4. The molecule has 1 atom stereocenters. The first-order valence-electron chi connectivity index (χ1n) is 5.04. The summed E-state index contributed by atoms with van der Waals surface area (Å²) in [5, 5.41) is 2.11. The maximum atomic E-state index is 6.04. The summed E-state index contributed by atoms with van der Waals surface area (Å²) in [6, 6.07) is 4.57. The Balaban J connectivity index is 2.13. The minimum Gasteiger partial charge on any atom is -0.327 e. The third-order valence-corrected chi connectivity index (χ3v) is 4.29. The quantitative estimate of drug-likeness (QED) is 0.811. The highest BCUT2D eigenvalue weighted by Crippen LogP contribution is 2.14. The van der Waals surface area contributed by atoms with E-state index in [0.29, 0.717) is 6.04 Å². The van der Waals surface area contributed by atoms with Crippen molar-refractivity contribution in [1.29, 1.82) is 0 Å². The van der Waals surface area contributed by atoms with Crippen molar-refractivity contribution < 1.29 is 0 Å². The molecule has 14 heavy (non-hydrogen) atoms. The van der Waals surface area contributed by atoms with Crippen molar-refractivity contribution in [1.82, 2.24) is 0 Å². The van der Waals surface area contributed by atoms with Gasteiger partial charge in [-0.25, -0.2) is 0 Å². The predicted octanol–water partition coefficient (Wildman–Crippen LogP) is 3.01. The van der Waals surface area contributed by atoms with Gasteiger partial charge in [0.15, 0.2) is 0 Å². The molecule has 0 saturated heterocycles. The summed E-state index contributed by atoms with van der Waals surface area (Å²) in [5.41, 5.74) is 6.04. The lowest BCUT2D eigenvalue weighted by atomic mass is 10.2. The van der Waals surface area contributed by atoms with Crippen molar-refractivity contribution in [2.24, 2.45) is 11.7 Å². The fourth-order valence-electron chi connectivity index (χ4n) is 1.20. The molecule has 80 valence electrons. The molecule has 0 aliphatic heterocycles. The van der Waals surface area contributed by atoms with Crippen molar-refractivity contribution in [2.75, 3.05) is 11.5 Å². The average Bonchev–Trinajstić information content (AvgIpc) is 2.56. The van der Waals surface area contributed by atoms with Crippen molar-refractivity contribution in [3.05, 3.63) is 22.4 Å². The van der Waals surface area contributed by atoms with Crippen molar-refractivity contribution in [3.63, 3.8) is 0 Å². The van der Waals surface area contributed by atoms with E-state index in [9.17, 15) is 0 Å². The molecular weight excluding hydrogens is 210 g/mol. The van der Waals surface area contributed by atoms with Gasteiger partial charge >= 0.3 is 0 Å². The number of hydrogen-bond donors (Lipinski definition) is 1. The molecule has 0 aromatic carbocycles. The molecule has 1 aromatic heterocycles. The molecule has 0 bridgehead atoms. The number of thioether (sulfide) groups is 1. The van der Waals surface area contributed by atoms with E-state index in [2.05, 4.69) is 31.4 Å². The van der Waals surface area contributed by atoms with Crippen LogP contribution in [0.3, 0.4) is 0 Å². The highest BCUT2D eigenvalue weighted by atomic mass is 32.2. The van der Waals surface area contributed by atoms with E-state index in [4.69, 9.17) is 5.73 Å². The third kappa shape index (κ3) is 5.03. The molecule has 0 aliphatic rings. The van der Waals surface area contributed by atoms with Crippen LogP contribution in [0.5, 0.6) is 0 Å². The number of rotatable bonds is 6. The van der Waals surface area contributed by atoms with Gasteiger partial charge in [-0.05, 0) is 29.5 Å². The summed E-state index contributed by atoms with van der Waals surface area (Å²) in [6.45, 7) is 4.50. The van der Waals surface area contributed by atoms with Crippen LogP contribution in [-0.2, 0) is 6.42 Å². The zero-order chi connectivity index (χ0) is 10.4. The molecule has 0 spiro atoms. The van der Waals surface area contributed by atoms with Crippen LogP contribution in [0.2, 0.25) is 0 Å². The maximum Gasteiger partial charge on any atom is 0.0179 e. The summed E-state index contributed by atoms with van der Waals surface area (Å²) in [7, 11) is 0. The van der Waals surface area contributed by atoms with Crippen LogP contribution in [0, 0.1) is 5.92 Å². The lowest BCUT2D eigenvalue weighted by Gasteiger charge is -2.10. The standard InChI is InChI=1S/C11H19NS2/c1-9(2)7-13-8-10(12)6-11-4-3-5-14-11/h3-5,9-10H,6-8,12H2,1-2H3. The highest BCUT2D eigenvalue weighted by molar-refractivity contribution is 7.99. The van der Waals surface area contributed by atoms with Crippen LogP contribution < -0.4 is 5.73 Å². The molecule has 1 aromatic rings. The molecule has 0 amide bonds. The van der Waals surface area contributed by atoms with Gasteiger partial charge in [0.1, 0.15) is 0 Å². The second kappa shape index (κ2) is 6.49. The van der Waals surface area contributed by atoms with Gasteiger partial charge in [0, 0.05) is 16.7 Å². The van der Waals surface area contributed by atoms with E-state index >= 15 is 0 Å². The van der Waals surface area contributed by atoms with Crippen LogP contribution in [0.1, 0.15) is 18.7 Å². The smallest absolute Gasteiger partial charge is 0.0179 e. The second-order valence-electron chi connectivity index (χ2n) is 3.97. The summed E-state index contributed by atoms with van der Waals surface area (Å²) in [6.07, 6.45) is 1.03. The first-order chi connectivity index (χ1) is 6.68. The largest absolute Gasteiger partial charge is 0.327 e. The Bertz CT molecular complexity index is 231. The molecule has 1 nitrogen and oxygen atoms in total. The molecule has 0 fully saturated rings. The van der Waals surface area contributed by atoms with E-state index in [1.807, 2.05) is 11.8 Å². The van der Waals surface area contributed by atoms with Crippen LogP contribution in [0.15, 0.2) is 17.5 Å². The van der Waals surface area contributed by atoms with Gasteiger partial charge in [-0.1, -0.05) is 19.9 Å². The van der Waals surface area contributed by atoms with E-state index in [-0.39, 0.29) is 0 Å². The zero-order valence-electron chi connectivity index (χ0n) is 8.90. The fourth-order valence-corrected chi connectivity index (χ4v) is 3.03. The molecule has 1 heterocycles. The van der Waals surface area contributed by atoms with Gasteiger partial charge in [0.25, 0.3) is 0 Å². The van der Waals surface area contributed by atoms with Crippen LogP contribution in [0.4, 0.5) is 0 Å². The highest BCUT2D eigenvalue weighted by Gasteiger charge is 2.05. The Morgan fingerprint density at radius 3 is 2.79 bits per heavy atom. The first kappa shape index (κ1) is 12.1. The van der Waals surface area contributed by atoms with Gasteiger partial charge in [-0.15, -0.1) is 11.3 Å². The lowest BCUT2D eigenvalue weighted by Crippen LogP contribution is -2.25. The minimum absolute atomic E-state index is 0.317. The summed E-state index contributed by atoms with van der Waals surface area (Å²) in [4.78, 5) is 1.41. The van der Waals surface area contributed by atoms with Crippen LogP contribution in [-0.4, -0.2) is 17.5 Å². The van der Waals surface area contributed by atoms with Gasteiger partial charge in [0.2, 0.25) is 0 Å². The lowest BCUT2D eigenvalue weighted by molar-refractivity contribution is 0.735. The second-order valence-corrected chi connectivity index (χ2v) is 6.08. The third-order valence-electron chi connectivity index (χ3n) is 1.83. The van der Waals surface area contributed by atoms with E-state index < -0.39 is 0 Å². The van der Waals surface area contributed by atoms with Crippen LogP contribution >= 0.6 is 23.1 Å². The summed E-state index contributed by atoms with van der Waals surface area (Å²) < 4.78 is 0. The van der Waals surface area contributed by atoms with Crippen LogP contribution in [0.25, 0.3) is 0 Å². The maximum absolute atomic E-state index is 6.04. The predicted molar refractivity (Wildman–Crippen MR) is 68.2 cm³/mol. The molecule has 1 rings (SSSR count). The Morgan fingerprint density at radius 1 is 1.43 bits per heavy atom. The minimum atomic E-state index is 0.317. The summed E-state index contributed by atoms with van der Waals surface area (Å²) in [5.74, 6) is 3.07. The Hall–Kier alpha value is 0.01000. The molecule has 2 N–H and O–H groups in total. The first-order valence-corrected chi connectivity index (χ1v) is 7.07. The molecule has 0 aliphatic carbocycles. The molecule has 3 heteroatoms. The van der Waals surface area contributed by atoms with E-state index in [1.54, 1.807) is 11.3 Å². The Kier molecular flexibility index (Phi) is 5.60. The summed E-state index contributed by atoms with van der Waals surface area (Å²) >= 11 is 3.77. The number of nitrogens with two attached hydrogens (primary N) is 1. The zero-order valence-corrected chi connectivity index (χ0v) is 10.5. The Labute approximate surface area is 95.1 Å². The molecule has 1 unspecified atom stereocenters. The molecular formula is C11H19NS2. The van der Waals surface area contributed by atoms with Gasteiger partial charge in [0.05, 0.1) is 0 Å². The molecule has 0 saturated carbocycles. The van der Waals surface area contributed by atoms with Gasteiger partial charge in [-0.3, -0.25) is 0 Å². The average molecular weight is 229 g/mol. The monoisotopic (exact) mass is 229 g/mol. The fraction of sp³-hybridized carbons (Fsp3) is 0.636. The van der Waals surface area contributed by atoms with Crippen molar-refractivity contribution in [2.45, 2.75) is 26.3 Å². The molecule has 0 radical (unpaired) electrons. The van der Waals surface area contributed by atoms with E-state index in [0.717, 1.165) is 18.1 Å². The van der Waals surface area contributed by atoms with E-state index in [1.165, 1.54) is 10.6 Å². The topological polar surface area (TPSA) is 26.0 Å². The van der Waals surface area contributed by atoms with Gasteiger partial charge < -0.3 is 5.73 Å².